The Kier molecular flexibility index (Phi) is 6.08. The molecule has 0 fully saturated rings. The molecule has 0 aliphatic carbocycles. The zero-order valence-corrected chi connectivity index (χ0v) is 12.8. The van der Waals surface area contributed by atoms with Crippen LogP contribution in [0.5, 0.6) is 0 Å². The minimum Gasteiger partial charge on any atom is -0.351 e. The lowest BCUT2D eigenvalue weighted by Gasteiger charge is -2.21. The van der Waals surface area contributed by atoms with Crippen LogP contribution in [0.4, 0.5) is 4.39 Å². The number of nitrogens with one attached hydrogen (secondary N) is 3. The molecule has 21 heavy (non-hydrogen) atoms. The van der Waals surface area contributed by atoms with Crippen molar-refractivity contribution in [2.75, 3.05) is 13.6 Å². The minimum atomic E-state index is -0.383. The number of amides is 1. The van der Waals surface area contributed by atoms with Crippen molar-refractivity contribution in [1.29, 1.82) is 0 Å². The summed E-state index contributed by atoms with van der Waals surface area (Å²) in [6.07, 6.45) is 1.52. The number of carbonyl (C=O) groups excluding carboxylic acids is 1. The second kappa shape index (κ2) is 7.56. The maximum Gasteiger partial charge on any atom is 0.239 e. The van der Waals surface area contributed by atoms with Crippen LogP contribution in [-0.4, -0.2) is 36.0 Å². The fourth-order valence-electron chi connectivity index (χ4n) is 1.56. The third kappa shape index (κ3) is 6.69. The first-order chi connectivity index (χ1) is 9.81. The zero-order chi connectivity index (χ0) is 15.9. The Morgan fingerprint density at radius 1 is 1.38 bits per heavy atom. The summed E-state index contributed by atoms with van der Waals surface area (Å²) in [7, 11) is 1.58. The molecule has 1 amide bonds. The van der Waals surface area contributed by atoms with E-state index in [0.717, 1.165) is 0 Å². The van der Waals surface area contributed by atoms with E-state index in [1.807, 2.05) is 20.8 Å². The van der Waals surface area contributed by atoms with Crippen LogP contribution in [0.2, 0.25) is 0 Å². The van der Waals surface area contributed by atoms with Gasteiger partial charge in [0.05, 0.1) is 18.8 Å². The lowest BCUT2D eigenvalue weighted by atomic mass is 10.1. The fourth-order valence-corrected chi connectivity index (χ4v) is 1.56. The standard InChI is InChI=1S/C14H22FN5O/c1-14(2,3)20-12(21)9-19-13(16-4)18-8-11-10(15)6-5-7-17-11/h5-7H,8-9H2,1-4H3,(H,20,21)(H2,16,18,19). The van der Waals surface area contributed by atoms with Crippen LogP contribution in [0.25, 0.3) is 0 Å². The molecule has 0 unspecified atom stereocenters. The number of nitrogens with zero attached hydrogens (tertiary/aromatic N) is 2. The lowest BCUT2D eigenvalue weighted by molar-refractivity contribution is -0.121. The van der Waals surface area contributed by atoms with E-state index in [4.69, 9.17) is 0 Å². The van der Waals surface area contributed by atoms with Crippen LogP contribution in [0.15, 0.2) is 23.3 Å². The predicted octanol–water partition coefficient (Wildman–Crippen LogP) is 0.800. The van der Waals surface area contributed by atoms with Gasteiger partial charge in [-0.1, -0.05) is 0 Å². The van der Waals surface area contributed by atoms with E-state index in [0.29, 0.717) is 11.7 Å². The van der Waals surface area contributed by atoms with Crippen molar-refractivity contribution in [2.24, 2.45) is 4.99 Å². The Balaban J connectivity index is 2.43. The zero-order valence-electron chi connectivity index (χ0n) is 12.8. The molecule has 0 aliphatic heterocycles. The van der Waals surface area contributed by atoms with Gasteiger partial charge in [-0.25, -0.2) is 4.39 Å². The van der Waals surface area contributed by atoms with E-state index in [-0.39, 0.29) is 30.4 Å². The van der Waals surface area contributed by atoms with Crippen LogP contribution < -0.4 is 16.0 Å². The van der Waals surface area contributed by atoms with E-state index in [9.17, 15) is 9.18 Å². The van der Waals surface area contributed by atoms with Gasteiger partial charge in [0.1, 0.15) is 5.82 Å². The molecule has 6 nitrogen and oxygen atoms in total. The highest BCUT2D eigenvalue weighted by atomic mass is 19.1. The third-order valence-electron chi connectivity index (χ3n) is 2.41. The van der Waals surface area contributed by atoms with Crippen LogP contribution in [-0.2, 0) is 11.3 Å². The van der Waals surface area contributed by atoms with Crippen molar-refractivity contribution in [3.63, 3.8) is 0 Å². The van der Waals surface area contributed by atoms with Gasteiger partial charge in [-0.2, -0.15) is 0 Å². The van der Waals surface area contributed by atoms with Gasteiger partial charge < -0.3 is 16.0 Å². The fraction of sp³-hybridized carbons (Fsp3) is 0.500. The smallest absolute Gasteiger partial charge is 0.239 e. The van der Waals surface area contributed by atoms with Crippen molar-refractivity contribution >= 4 is 11.9 Å². The van der Waals surface area contributed by atoms with Gasteiger partial charge >= 0.3 is 0 Å². The molecule has 0 aliphatic rings. The van der Waals surface area contributed by atoms with Gasteiger partial charge in [0, 0.05) is 18.8 Å². The molecule has 1 aromatic rings. The highest BCUT2D eigenvalue weighted by molar-refractivity contribution is 5.86. The number of aromatic nitrogens is 1. The molecule has 1 rings (SSSR count). The molecule has 0 atom stereocenters. The summed E-state index contributed by atoms with van der Waals surface area (Å²) >= 11 is 0. The van der Waals surface area contributed by atoms with E-state index in [2.05, 4.69) is 25.9 Å². The monoisotopic (exact) mass is 295 g/mol. The second-order valence-corrected chi connectivity index (χ2v) is 5.51. The van der Waals surface area contributed by atoms with Gasteiger partial charge in [0.25, 0.3) is 0 Å². The molecule has 7 heteroatoms. The molecule has 0 saturated heterocycles. The Morgan fingerprint density at radius 3 is 2.67 bits per heavy atom. The number of rotatable bonds is 4. The third-order valence-corrected chi connectivity index (χ3v) is 2.41. The Labute approximate surface area is 124 Å². The van der Waals surface area contributed by atoms with E-state index < -0.39 is 0 Å². The van der Waals surface area contributed by atoms with Crippen molar-refractivity contribution in [1.82, 2.24) is 20.9 Å². The van der Waals surface area contributed by atoms with Crippen LogP contribution in [0.1, 0.15) is 26.5 Å². The summed E-state index contributed by atoms with van der Waals surface area (Å²) in [4.78, 5) is 19.6. The summed E-state index contributed by atoms with van der Waals surface area (Å²) in [6.45, 7) is 5.99. The van der Waals surface area contributed by atoms with Gasteiger partial charge in [-0.05, 0) is 32.9 Å². The minimum absolute atomic E-state index is 0.0850. The molecule has 1 aromatic heterocycles. The van der Waals surface area contributed by atoms with E-state index in [1.165, 1.54) is 18.3 Å². The average Bonchev–Trinajstić information content (AvgIpc) is 2.38. The Bertz CT molecular complexity index is 510. The first kappa shape index (κ1) is 16.9. The molecule has 0 radical (unpaired) electrons. The molecule has 0 spiro atoms. The van der Waals surface area contributed by atoms with Gasteiger partial charge in [-0.3, -0.25) is 14.8 Å². The number of hydrogen-bond acceptors (Lipinski definition) is 3. The highest BCUT2D eigenvalue weighted by Crippen LogP contribution is 2.01. The van der Waals surface area contributed by atoms with Crippen molar-refractivity contribution in [3.8, 4) is 0 Å². The summed E-state index contributed by atoms with van der Waals surface area (Å²) in [6, 6.07) is 2.87. The molecular weight excluding hydrogens is 273 g/mol. The molecule has 0 saturated carbocycles. The molecule has 0 bridgehead atoms. The summed E-state index contributed by atoms with van der Waals surface area (Å²) < 4.78 is 13.4. The quantitative estimate of drug-likeness (QED) is 0.567. The SMILES string of the molecule is CN=C(NCC(=O)NC(C)(C)C)NCc1ncccc1F. The van der Waals surface area contributed by atoms with Gasteiger partial charge in [-0.15, -0.1) is 0 Å². The van der Waals surface area contributed by atoms with Crippen molar-refractivity contribution < 1.29 is 9.18 Å². The predicted molar refractivity (Wildman–Crippen MR) is 80.3 cm³/mol. The van der Waals surface area contributed by atoms with Crippen molar-refractivity contribution in [2.45, 2.75) is 32.9 Å². The normalized spacial score (nSPS) is 12.0. The largest absolute Gasteiger partial charge is 0.351 e. The first-order valence-corrected chi connectivity index (χ1v) is 6.67. The van der Waals surface area contributed by atoms with E-state index >= 15 is 0 Å². The van der Waals surface area contributed by atoms with E-state index in [1.54, 1.807) is 7.05 Å². The highest BCUT2D eigenvalue weighted by Gasteiger charge is 2.13. The van der Waals surface area contributed by atoms with Crippen LogP contribution in [0.3, 0.4) is 0 Å². The molecular formula is C14H22FN5O. The van der Waals surface area contributed by atoms with Gasteiger partial charge in [0.2, 0.25) is 5.91 Å². The number of pyridine rings is 1. The second-order valence-electron chi connectivity index (χ2n) is 5.51. The topological polar surface area (TPSA) is 78.4 Å². The number of carbonyl (C=O) groups is 1. The summed E-state index contributed by atoms with van der Waals surface area (Å²) in [5, 5.41) is 8.58. The van der Waals surface area contributed by atoms with Crippen molar-refractivity contribution in [3.05, 3.63) is 29.8 Å². The number of guanidine groups is 1. The van der Waals surface area contributed by atoms with Crippen LogP contribution in [0, 0.1) is 5.82 Å². The lowest BCUT2D eigenvalue weighted by Crippen LogP contribution is -2.48. The van der Waals surface area contributed by atoms with Crippen LogP contribution >= 0.6 is 0 Å². The Morgan fingerprint density at radius 2 is 2.10 bits per heavy atom. The first-order valence-electron chi connectivity index (χ1n) is 6.67. The molecule has 0 aromatic carbocycles. The maximum atomic E-state index is 13.4. The summed E-state index contributed by atoms with van der Waals surface area (Å²) in [5.74, 6) is -0.121. The number of halogens is 1. The maximum absolute atomic E-state index is 13.4. The number of aliphatic imine (C=N–C) groups is 1. The average molecular weight is 295 g/mol. The molecule has 3 N–H and O–H groups in total. The Hall–Kier alpha value is -2.18. The van der Waals surface area contributed by atoms with Gasteiger partial charge in [0.15, 0.2) is 5.96 Å². The number of hydrogen-bond donors (Lipinski definition) is 3. The molecule has 116 valence electrons. The molecule has 1 heterocycles. The summed E-state index contributed by atoms with van der Waals surface area (Å²) in [5.41, 5.74) is 0.00637.